The van der Waals surface area contributed by atoms with E-state index < -0.39 is 17.7 Å². The minimum absolute atomic E-state index is 0.269. The van der Waals surface area contributed by atoms with Crippen LogP contribution in [0.4, 0.5) is 10.7 Å². The number of nitrogens with one attached hydrogen (secondary N) is 2. The van der Waals surface area contributed by atoms with Crippen molar-refractivity contribution in [3.63, 3.8) is 0 Å². The van der Waals surface area contributed by atoms with E-state index in [-0.39, 0.29) is 12.5 Å². The summed E-state index contributed by atoms with van der Waals surface area (Å²) >= 11 is 0. The van der Waals surface area contributed by atoms with Crippen LogP contribution in [0.25, 0.3) is 11.0 Å². The molecular weight excluding hydrogens is 464 g/mol. The molecule has 0 aliphatic carbocycles. The monoisotopic (exact) mass is 496 g/mol. The van der Waals surface area contributed by atoms with Gasteiger partial charge in [-0.3, -0.25) is 14.8 Å². The molecule has 2 heterocycles. The molecule has 192 valence electrons. The number of amides is 2. The summed E-state index contributed by atoms with van der Waals surface area (Å²) in [5.41, 5.74) is 2.16. The number of fused-ring (bicyclic) bond motifs is 1. The number of alkyl carbamates (subject to hydrolysis) is 1. The molecule has 0 bridgehead atoms. The summed E-state index contributed by atoms with van der Waals surface area (Å²) in [5.74, 6) is -0.520. The van der Waals surface area contributed by atoms with E-state index in [0.717, 1.165) is 5.69 Å². The van der Waals surface area contributed by atoms with Gasteiger partial charge < -0.3 is 19.4 Å². The number of methoxy groups -OCH3 is 1. The van der Waals surface area contributed by atoms with Gasteiger partial charge in [-0.2, -0.15) is 5.10 Å². The van der Waals surface area contributed by atoms with E-state index in [0.29, 0.717) is 41.3 Å². The van der Waals surface area contributed by atoms with E-state index in [1.54, 1.807) is 60.4 Å². The van der Waals surface area contributed by atoms with Crippen LogP contribution in [0.1, 0.15) is 54.2 Å². The number of carbonyl (C=O) groups is 3. The van der Waals surface area contributed by atoms with Crippen LogP contribution in [0.3, 0.4) is 0 Å². The third kappa shape index (κ3) is 6.49. The molecule has 0 radical (unpaired) electrons. The van der Waals surface area contributed by atoms with Crippen molar-refractivity contribution >= 4 is 35.0 Å². The first-order chi connectivity index (χ1) is 17.0. The van der Waals surface area contributed by atoms with Gasteiger partial charge in [0.1, 0.15) is 11.3 Å². The van der Waals surface area contributed by atoms with E-state index in [2.05, 4.69) is 20.7 Å². The van der Waals surface area contributed by atoms with Crippen molar-refractivity contribution in [2.75, 3.05) is 19.0 Å². The molecule has 0 unspecified atom stereocenters. The molecule has 2 aromatic heterocycles. The van der Waals surface area contributed by atoms with Crippen molar-refractivity contribution in [1.29, 1.82) is 0 Å². The minimum atomic E-state index is -0.578. The highest BCUT2D eigenvalue weighted by molar-refractivity contribution is 6.03. The van der Waals surface area contributed by atoms with Crippen LogP contribution < -0.4 is 10.6 Å². The van der Waals surface area contributed by atoms with Crippen molar-refractivity contribution in [1.82, 2.24) is 24.6 Å². The first-order valence-corrected chi connectivity index (χ1v) is 11.6. The maximum Gasteiger partial charge on any atom is 0.407 e. The van der Waals surface area contributed by atoms with Crippen molar-refractivity contribution < 1.29 is 23.9 Å². The zero-order valence-corrected chi connectivity index (χ0v) is 21.4. The summed E-state index contributed by atoms with van der Waals surface area (Å²) in [5, 5.41) is 9.85. The number of esters is 1. The number of imidazole rings is 1. The Morgan fingerprint density at radius 1 is 1.14 bits per heavy atom. The molecule has 11 heteroatoms. The van der Waals surface area contributed by atoms with Crippen LogP contribution in [0, 0.1) is 6.92 Å². The van der Waals surface area contributed by atoms with Crippen LogP contribution >= 0.6 is 0 Å². The molecule has 36 heavy (non-hydrogen) atoms. The number of aromatic nitrogens is 4. The van der Waals surface area contributed by atoms with Crippen LogP contribution in [0.15, 0.2) is 36.4 Å². The second-order valence-electron chi connectivity index (χ2n) is 9.04. The van der Waals surface area contributed by atoms with Gasteiger partial charge in [0.05, 0.1) is 29.4 Å². The molecule has 0 fully saturated rings. The van der Waals surface area contributed by atoms with Crippen molar-refractivity contribution in [3.8, 4) is 0 Å². The highest BCUT2D eigenvalue weighted by atomic mass is 16.6. The molecule has 1 aromatic carbocycles. The van der Waals surface area contributed by atoms with E-state index >= 15 is 0 Å². The number of carbonyl (C=O) groups excluding carboxylic acids is 3. The Morgan fingerprint density at radius 2 is 1.89 bits per heavy atom. The molecule has 0 saturated carbocycles. The van der Waals surface area contributed by atoms with Gasteiger partial charge in [-0.1, -0.05) is 12.2 Å². The lowest BCUT2D eigenvalue weighted by molar-refractivity contribution is 0.0532. The van der Waals surface area contributed by atoms with Crippen LogP contribution in [-0.2, 0) is 22.6 Å². The molecule has 0 aliphatic rings. The molecule has 0 aliphatic heterocycles. The summed E-state index contributed by atoms with van der Waals surface area (Å²) in [7, 11) is 1.31. The topological polar surface area (TPSA) is 129 Å². The molecule has 0 atom stereocenters. The van der Waals surface area contributed by atoms with Crippen molar-refractivity contribution in [2.45, 2.75) is 53.3 Å². The Labute approximate surface area is 209 Å². The number of anilines is 1. The van der Waals surface area contributed by atoms with E-state index in [1.165, 1.54) is 7.11 Å². The maximum absolute atomic E-state index is 13.0. The third-order valence-corrected chi connectivity index (χ3v) is 5.05. The predicted molar refractivity (Wildman–Crippen MR) is 135 cm³/mol. The zero-order chi connectivity index (χ0) is 26.5. The zero-order valence-electron chi connectivity index (χ0n) is 21.4. The SMILES string of the molecule is CCn1nc(C)cc1C(=O)Nc1nc2cc(C(=O)OC)ccc2n1C/C=C/CNC(=O)OC(C)(C)C. The van der Waals surface area contributed by atoms with Gasteiger partial charge in [-0.15, -0.1) is 0 Å². The van der Waals surface area contributed by atoms with E-state index in [1.807, 2.05) is 19.9 Å². The van der Waals surface area contributed by atoms with Crippen LogP contribution in [0.5, 0.6) is 0 Å². The number of aryl methyl sites for hydroxylation is 2. The summed E-state index contributed by atoms with van der Waals surface area (Å²) in [6.07, 6.45) is 3.11. The van der Waals surface area contributed by atoms with Gasteiger partial charge in [-0.25, -0.2) is 14.6 Å². The normalized spacial score (nSPS) is 11.6. The second kappa shape index (κ2) is 11.1. The Bertz CT molecular complexity index is 1300. The number of ether oxygens (including phenoxy) is 2. The average Bonchev–Trinajstić information content (AvgIpc) is 3.36. The first kappa shape index (κ1) is 26.5. The summed E-state index contributed by atoms with van der Waals surface area (Å²) < 4.78 is 13.5. The van der Waals surface area contributed by atoms with Gasteiger partial charge in [0.25, 0.3) is 5.91 Å². The number of hydrogen-bond donors (Lipinski definition) is 2. The molecule has 11 nitrogen and oxygen atoms in total. The fraction of sp³-hybridized carbons (Fsp3) is 0.400. The average molecular weight is 497 g/mol. The highest BCUT2D eigenvalue weighted by Gasteiger charge is 2.19. The molecule has 2 N–H and O–H groups in total. The van der Waals surface area contributed by atoms with Gasteiger partial charge >= 0.3 is 12.1 Å². The molecule has 3 rings (SSSR count). The van der Waals surface area contributed by atoms with Gasteiger partial charge in [0.15, 0.2) is 0 Å². The van der Waals surface area contributed by atoms with E-state index in [9.17, 15) is 14.4 Å². The van der Waals surface area contributed by atoms with Gasteiger partial charge in [0.2, 0.25) is 5.95 Å². The fourth-order valence-electron chi connectivity index (χ4n) is 3.51. The first-order valence-electron chi connectivity index (χ1n) is 11.6. The number of rotatable bonds is 8. The minimum Gasteiger partial charge on any atom is -0.465 e. The summed E-state index contributed by atoms with van der Waals surface area (Å²) in [4.78, 5) is 41.4. The van der Waals surface area contributed by atoms with Crippen molar-refractivity contribution in [3.05, 3.63) is 53.4 Å². The predicted octanol–water partition coefficient (Wildman–Crippen LogP) is 3.68. The Kier molecular flexibility index (Phi) is 8.13. The lowest BCUT2D eigenvalue weighted by Crippen LogP contribution is -2.32. The van der Waals surface area contributed by atoms with E-state index in [4.69, 9.17) is 9.47 Å². The van der Waals surface area contributed by atoms with Gasteiger partial charge in [0, 0.05) is 19.6 Å². The fourth-order valence-corrected chi connectivity index (χ4v) is 3.51. The van der Waals surface area contributed by atoms with Crippen LogP contribution in [-0.4, -0.2) is 56.6 Å². The van der Waals surface area contributed by atoms with Crippen LogP contribution in [0.2, 0.25) is 0 Å². The quantitative estimate of drug-likeness (QED) is 0.359. The number of allylic oxidation sites excluding steroid dienone is 1. The Balaban J connectivity index is 1.84. The third-order valence-electron chi connectivity index (χ3n) is 5.05. The standard InChI is InChI=1S/C25H32N6O5/c1-7-31-20(14-16(2)29-31)21(32)28-23-27-18-15-17(22(33)35-6)10-11-19(18)30(23)13-9-8-12-26-24(34)36-25(3,4)5/h8-11,14-15H,7,12-13H2,1-6H3,(H,26,34)(H,27,28,32)/b9-8+. The lowest BCUT2D eigenvalue weighted by Gasteiger charge is -2.19. The molecular formula is C25H32N6O5. The number of nitrogens with zero attached hydrogens (tertiary/aromatic N) is 4. The lowest BCUT2D eigenvalue weighted by atomic mass is 10.2. The van der Waals surface area contributed by atoms with Gasteiger partial charge in [-0.05, 0) is 58.9 Å². The molecule has 0 spiro atoms. The molecule has 2 amide bonds. The maximum atomic E-state index is 13.0. The second-order valence-corrected chi connectivity index (χ2v) is 9.04. The number of benzene rings is 1. The molecule has 3 aromatic rings. The molecule has 0 saturated heterocycles. The summed E-state index contributed by atoms with van der Waals surface area (Å²) in [6, 6.07) is 6.71. The number of hydrogen-bond acceptors (Lipinski definition) is 7. The smallest absolute Gasteiger partial charge is 0.407 e. The Morgan fingerprint density at radius 3 is 2.56 bits per heavy atom. The highest BCUT2D eigenvalue weighted by Crippen LogP contribution is 2.22. The largest absolute Gasteiger partial charge is 0.465 e. The summed E-state index contributed by atoms with van der Waals surface area (Å²) in [6.45, 7) is 10.3. The van der Waals surface area contributed by atoms with Crippen molar-refractivity contribution in [2.24, 2.45) is 0 Å². The Hall–Kier alpha value is -4.15.